The minimum atomic E-state index is -3.47. The topological polar surface area (TPSA) is 72.2 Å². The fourth-order valence-electron chi connectivity index (χ4n) is 1.68. The second-order valence-electron chi connectivity index (χ2n) is 4.29. The highest BCUT2D eigenvalue weighted by Gasteiger charge is 2.29. The van der Waals surface area contributed by atoms with E-state index in [1.807, 2.05) is 0 Å². The molecule has 0 spiro atoms. The molecular weight excluding hydrogens is 260 g/mol. The standard InChI is InChI=1S/C11H15ClN2O2S/c1-7-8(6-13)4-9(12)5-11(7)17(15,16)14-10-2-3-10/h4-5,10,14H,2-3,6,13H2,1H3. The maximum Gasteiger partial charge on any atom is 0.241 e. The summed E-state index contributed by atoms with van der Waals surface area (Å²) in [6.07, 6.45) is 1.81. The van der Waals surface area contributed by atoms with Crippen LogP contribution in [0.25, 0.3) is 0 Å². The van der Waals surface area contributed by atoms with E-state index in [0.29, 0.717) is 10.6 Å². The molecule has 0 saturated heterocycles. The summed E-state index contributed by atoms with van der Waals surface area (Å²) in [7, 11) is -3.47. The number of rotatable bonds is 4. The highest BCUT2D eigenvalue weighted by Crippen LogP contribution is 2.27. The lowest BCUT2D eigenvalue weighted by atomic mass is 10.1. The summed E-state index contributed by atoms with van der Waals surface area (Å²) in [6.45, 7) is 2.03. The van der Waals surface area contributed by atoms with Gasteiger partial charge >= 0.3 is 0 Å². The number of nitrogens with one attached hydrogen (secondary N) is 1. The second-order valence-corrected chi connectivity index (χ2v) is 6.41. The Bertz CT molecular complexity index is 539. The third kappa shape index (κ3) is 2.80. The van der Waals surface area contributed by atoms with Crippen molar-refractivity contribution in [3.05, 3.63) is 28.3 Å². The SMILES string of the molecule is Cc1c(CN)cc(Cl)cc1S(=O)(=O)NC1CC1. The molecule has 0 radical (unpaired) electrons. The van der Waals surface area contributed by atoms with E-state index in [0.717, 1.165) is 18.4 Å². The van der Waals surface area contributed by atoms with E-state index < -0.39 is 10.0 Å². The lowest BCUT2D eigenvalue weighted by Crippen LogP contribution is -2.26. The summed E-state index contributed by atoms with van der Waals surface area (Å²) in [4.78, 5) is 0.234. The number of hydrogen-bond donors (Lipinski definition) is 2. The monoisotopic (exact) mass is 274 g/mol. The molecule has 1 aliphatic carbocycles. The van der Waals surface area contributed by atoms with E-state index in [-0.39, 0.29) is 17.5 Å². The average molecular weight is 275 g/mol. The van der Waals surface area contributed by atoms with Crippen LogP contribution in [-0.4, -0.2) is 14.5 Å². The largest absolute Gasteiger partial charge is 0.326 e. The van der Waals surface area contributed by atoms with Crippen molar-refractivity contribution in [3.63, 3.8) is 0 Å². The van der Waals surface area contributed by atoms with Crippen molar-refractivity contribution >= 4 is 21.6 Å². The Hall–Kier alpha value is -0.620. The van der Waals surface area contributed by atoms with Gasteiger partial charge in [-0.25, -0.2) is 13.1 Å². The zero-order valence-electron chi connectivity index (χ0n) is 9.53. The number of nitrogens with two attached hydrogens (primary N) is 1. The number of benzene rings is 1. The summed E-state index contributed by atoms with van der Waals surface area (Å²) >= 11 is 5.91. The third-order valence-corrected chi connectivity index (χ3v) is 4.71. The van der Waals surface area contributed by atoms with Gasteiger partial charge in [-0.05, 0) is 43.0 Å². The van der Waals surface area contributed by atoms with Crippen molar-refractivity contribution in [1.29, 1.82) is 0 Å². The van der Waals surface area contributed by atoms with Crippen LogP contribution in [0.5, 0.6) is 0 Å². The molecule has 94 valence electrons. The molecular formula is C11H15ClN2O2S. The van der Waals surface area contributed by atoms with Gasteiger partial charge in [-0.3, -0.25) is 0 Å². The van der Waals surface area contributed by atoms with Crippen molar-refractivity contribution in [2.24, 2.45) is 5.73 Å². The molecule has 2 rings (SSSR count). The lowest BCUT2D eigenvalue weighted by molar-refractivity contribution is 0.580. The van der Waals surface area contributed by atoms with Crippen LogP contribution in [0.4, 0.5) is 0 Å². The van der Waals surface area contributed by atoms with Crippen LogP contribution in [0.15, 0.2) is 17.0 Å². The Kier molecular flexibility index (Phi) is 3.45. The first-order valence-electron chi connectivity index (χ1n) is 5.45. The van der Waals surface area contributed by atoms with Crippen LogP contribution >= 0.6 is 11.6 Å². The molecule has 3 N–H and O–H groups in total. The first kappa shape index (κ1) is 12.8. The van der Waals surface area contributed by atoms with Gasteiger partial charge in [0, 0.05) is 17.6 Å². The fraction of sp³-hybridized carbons (Fsp3) is 0.455. The van der Waals surface area contributed by atoms with Gasteiger partial charge in [0.15, 0.2) is 0 Å². The molecule has 1 fully saturated rings. The molecule has 1 aromatic rings. The van der Waals surface area contributed by atoms with Crippen LogP contribution in [0.1, 0.15) is 24.0 Å². The first-order chi connectivity index (χ1) is 7.94. The molecule has 0 aliphatic heterocycles. The highest BCUT2D eigenvalue weighted by molar-refractivity contribution is 7.89. The van der Waals surface area contributed by atoms with E-state index in [2.05, 4.69) is 4.72 Å². The Morgan fingerprint density at radius 3 is 2.65 bits per heavy atom. The van der Waals surface area contributed by atoms with Gasteiger partial charge in [-0.1, -0.05) is 11.6 Å². The summed E-state index contributed by atoms with van der Waals surface area (Å²) in [5.74, 6) is 0. The van der Waals surface area contributed by atoms with Crippen LogP contribution < -0.4 is 10.5 Å². The van der Waals surface area contributed by atoms with Gasteiger partial charge < -0.3 is 5.73 Å². The molecule has 0 unspecified atom stereocenters. The van der Waals surface area contributed by atoms with Crippen LogP contribution in [-0.2, 0) is 16.6 Å². The maximum atomic E-state index is 12.1. The van der Waals surface area contributed by atoms with Crippen molar-refractivity contribution < 1.29 is 8.42 Å². The van der Waals surface area contributed by atoms with E-state index in [1.54, 1.807) is 13.0 Å². The Labute approximate surface area is 106 Å². The molecule has 6 heteroatoms. The van der Waals surface area contributed by atoms with Crippen LogP contribution in [0, 0.1) is 6.92 Å². The predicted octanol–water partition coefficient (Wildman–Crippen LogP) is 1.55. The van der Waals surface area contributed by atoms with E-state index in [1.165, 1.54) is 6.07 Å². The molecule has 0 amide bonds. The van der Waals surface area contributed by atoms with Gasteiger partial charge in [-0.2, -0.15) is 0 Å². The Morgan fingerprint density at radius 1 is 1.47 bits per heavy atom. The minimum absolute atomic E-state index is 0.0831. The smallest absolute Gasteiger partial charge is 0.241 e. The van der Waals surface area contributed by atoms with Crippen molar-refractivity contribution in [2.75, 3.05) is 0 Å². The van der Waals surface area contributed by atoms with Crippen LogP contribution in [0.2, 0.25) is 5.02 Å². The van der Waals surface area contributed by atoms with E-state index in [4.69, 9.17) is 17.3 Å². The first-order valence-corrected chi connectivity index (χ1v) is 7.31. The number of sulfonamides is 1. The number of halogens is 1. The highest BCUT2D eigenvalue weighted by atomic mass is 35.5. The summed E-state index contributed by atoms with van der Waals surface area (Å²) in [5.41, 5.74) is 7.00. The molecule has 17 heavy (non-hydrogen) atoms. The number of hydrogen-bond acceptors (Lipinski definition) is 3. The maximum absolute atomic E-state index is 12.1. The summed E-state index contributed by atoms with van der Waals surface area (Å²) < 4.78 is 26.9. The molecule has 0 bridgehead atoms. The average Bonchev–Trinajstić information content (AvgIpc) is 3.03. The van der Waals surface area contributed by atoms with Crippen LogP contribution in [0.3, 0.4) is 0 Å². The zero-order valence-corrected chi connectivity index (χ0v) is 11.1. The molecule has 1 aliphatic rings. The second kappa shape index (κ2) is 4.57. The zero-order chi connectivity index (χ0) is 12.6. The summed E-state index contributed by atoms with van der Waals surface area (Å²) in [5, 5.41) is 0.396. The van der Waals surface area contributed by atoms with Crippen molar-refractivity contribution in [2.45, 2.75) is 37.2 Å². The minimum Gasteiger partial charge on any atom is -0.326 e. The lowest BCUT2D eigenvalue weighted by Gasteiger charge is -2.12. The molecule has 0 atom stereocenters. The van der Waals surface area contributed by atoms with Gasteiger partial charge in [0.2, 0.25) is 10.0 Å². The van der Waals surface area contributed by atoms with Crippen molar-refractivity contribution in [3.8, 4) is 0 Å². The van der Waals surface area contributed by atoms with E-state index >= 15 is 0 Å². The quantitative estimate of drug-likeness (QED) is 0.875. The predicted molar refractivity (Wildman–Crippen MR) is 67.4 cm³/mol. The normalized spacial score (nSPS) is 16.2. The Morgan fingerprint density at radius 2 is 2.12 bits per heavy atom. The molecule has 0 heterocycles. The van der Waals surface area contributed by atoms with Gasteiger partial charge in [-0.15, -0.1) is 0 Å². The molecule has 0 aromatic heterocycles. The van der Waals surface area contributed by atoms with Crippen molar-refractivity contribution in [1.82, 2.24) is 4.72 Å². The fourth-order valence-corrected chi connectivity index (χ4v) is 3.61. The van der Waals surface area contributed by atoms with E-state index in [9.17, 15) is 8.42 Å². The van der Waals surface area contributed by atoms with Gasteiger partial charge in [0.1, 0.15) is 0 Å². The third-order valence-electron chi connectivity index (χ3n) is 2.84. The van der Waals surface area contributed by atoms with Gasteiger partial charge in [0.05, 0.1) is 4.90 Å². The Balaban J connectivity index is 2.46. The summed E-state index contributed by atoms with van der Waals surface area (Å²) in [6, 6.07) is 3.26. The molecule has 1 aromatic carbocycles. The molecule has 1 saturated carbocycles. The molecule has 4 nitrogen and oxygen atoms in total. The van der Waals surface area contributed by atoms with Gasteiger partial charge in [0.25, 0.3) is 0 Å².